The fourth-order valence-electron chi connectivity index (χ4n) is 0.927. The number of carbonyl (C=O) groups is 1. The molecule has 6 heteroatoms. The second-order valence-corrected chi connectivity index (χ2v) is 2.78. The van der Waals surface area contributed by atoms with E-state index in [1.807, 2.05) is 17.8 Å². The van der Waals surface area contributed by atoms with E-state index in [1.165, 1.54) is 0 Å². The summed E-state index contributed by atoms with van der Waals surface area (Å²) in [4.78, 5) is 15.1. The van der Waals surface area contributed by atoms with Gasteiger partial charge in [0.05, 0.1) is 6.20 Å². The SMILES string of the molecule is CCn1cc(CNOCC(N)=O)cn1. The molecular formula is C8H14N4O2. The normalized spacial score (nSPS) is 10.4. The van der Waals surface area contributed by atoms with Gasteiger partial charge in [-0.15, -0.1) is 0 Å². The quantitative estimate of drug-likeness (QED) is 0.473. The van der Waals surface area contributed by atoms with Crippen LogP contribution in [0.1, 0.15) is 12.5 Å². The molecule has 0 aliphatic carbocycles. The van der Waals surface area contributed by atoms with E-state index in [-0.39, 0.29) is 6.61 Å². The van der Waals surface area contributed by atoms with E-state index in [9.17, 15) is 4.79 Å². The molecule has 6 nitrogen and oxygen atoms in total. The second kappa shape index (κ2) is 5.36. The van der Waals surface area contributed by atoms with Gasteiger partial charge in [0.2, 0.25) is 5.91 Å². The Morgan fingerprint density at radius 2 is 2.57 bits per heavy atom. The summed E-state index contributed by atoms with van der Waals surface area (Å²) in [5.41, 5.74) is 8.49. The molecule has 1 aromatic heterocycles. The van der Waals surface area contributed by atoms with Crippen molar-refractivity contribution in [3.05, 3.63) is 18.0 Å². The molecule has 0 aliphatic rings. The summed E-state index contributed by atoms with van der Waals surface area (Å²) in [7, 11) is 0. The molecule has 0 radical (unpaired) electrons. The highest BCUT2D eigenvalue weighted by molar-refractivity contribution is 5.74. The van der Waals surface area contributed by atoms with Crippen LogP contribution in [0.25, 0.3) is 0 Å². The third-order valence-electron chi connectivity index (χ3n) is 1.60. The van der Waals surface area contributed by atoms with E-state index in [1.54, 1.807) is 6.20 Å². The molecular weight excluding hydrogens is 184 g/mol. The first-order valence-corrected chi connectivity index (χ1v) is 4.36. The maximum Gasteiger partial charge on any atom is 0.245 e. The zero-order valence-electron chi connectivity index (χ0n) is 8.06. The lowest BCUT2D eigenvalue weighted by atomic mass is 10.4. The molecule has 0 spiro atoms. The highest BCUT2D eigenvalue weighted by Crippen LogP contribution is 1.96. The number of amides is 1. The Balaban J connectivity index is 2.21. The highest BCUT2D eigenvalue weighted by Gasteiger charge is 1.97. The van der Waals surface area contributed by atoms with Crippen LogP contribution in [0.4, 0.5) is 0 Å². The Bertz CT molecular complexity index is 297. The molecule has 78 valence electrons. The Kier molecular flexibility index (Phi) is 4.09. The van der Waals surface area contributed by atoms with Gasteiger partial charge < -0.3 is 5.73 Å². The summed E-state index contributed by atoms with van der Waals surface area (Å²) in [6.45, 7) is 3.23. The van der Waals surface area contributed by atoms with Crippen molar-refractivity contribution in [2.24, 2.45) is 5.73 Å². The zero-order valence-corrected chi connectivity index (χ0v) is 8.06. The standard InChI is InChI=1S/C8H14N4O2/c1-2-12-5-7(3-10-12)4-11-14-6-8(9)13/h3,5,11H,2,4,6H2,1H3,(H2,9,13). The molecule has 0 aromatic carbocycles. The number of nitrogens with two attached hydrogens (primary N) is 1. The molecule has 0 atom stereocenters. The highest BCUT2D eigenvalue weighted by atomic mass is 16.6. The minimum absolute atomic E-state index is 0.123. The summed E-state index contributed by atoms with van der Waals surface area (Å²) in [6, 6.07) is 0. The molecule has 1 heterocycles. The fraction of sp³-hybridized carbons (Fsp3) is 0.500. The van der Waals surface area contributed by atoms with Crippen LogP contribution >= 0.6 is 0 Å². The number of aryl methyl sites for hydroxylation is 1. The number of nitrogens with zero attached hydrogens (tertiary/aromatic N) is 2. The van der Waals surface area contributed by atoms with Gasteiger partial charge in [0, 0.05) is 24.8 Å². The summed E-state index contributed by atoms with van der Waals surface area (Å²) in [5.74, 6) is -0.498. The van der Waals surface area contributed by atoms with Gasteiger partial charge in [-0.25, -0.2) is 0 Å². The van der Waals surface area contributed by atoms with Crippen molar-refractivity contribution in [2.75, 3.05) is 6.61 Å². The smallest absolute Gasteiger partial charge is 0.245 e. The largest absolute Gasteiger partial charge is 0.368 e. The summed E-state index contributed by atoms with van der Waals surface area (Å²) in [5, 5.41) is 4.08. The first-order valence-electron chi connectivity index (χ1n) is 4.36. The summed E-state index contributed by atoms with van der Waals surface area (Å²) >= 11 is 0. The lowest BCUT2D eigenvalue weighted by Crippen LogP contribution is -2.24. The van der Waals surface area contributed by atoms with Gasteiger partial charge in [-0.05, 0) is 6.92 Å². The van der Waals surface area contributed by atoms with E-state index in [0.717, 1.165) is 12.1 Å². The van der Waals surface area contributed by atoms with Gasteiger partial charge >= 0.3 is 0 Å². The van der Waals surface area contributed by atoms with E-state index in [2.05, 4.69) is 10.6 Å². The first-order chi connectivity index (χ1) is 6.72. The molecule has 3 N–H and O–H groups in total. The van der Waals surface area contributed by atoms with Gasteiger partial charge in [0.25, 0.3) is 0 Å². The molecule has 14 heavy (non-hydrogen) atoms. The maximum atomic E-state index is 10.3. The van der Waals surface area contributed by atoms with Gasteiger partial charge in [-0.1, -0.05) is 0 Å². The second-order valence-electron chi connectivity index (χ2n) is 2.78. The molecule has 0 saturated heterocycles. The van der Waals surface area contributed by atoms with Crippen molar-refractivity contribution in [3.63, 3.8) is 0 Å². The fourth-order valence-corrected chi connectivity index (χ4v) is 0.927. The number of hydrogen-bond acceptors (Lipinski definition) is 4. The predicted octanol–water partition coefficient (Wildman–Crippen LogP) is -0.590. The van der Waals surface area contributed by atoms with Gasteiger partial charge in [-0.2, -0.15) is 10.6 Å². The van der Waals surface area contributed by atoms with Gasteiger partial charge in [0.1, 0.15) is 6.61 Å². The Hall–Kier alpha value is -1.40. The molecule has 0 unspecified atom stereocenters. The van der Waals surface area contributed by atoms with Crippen molar-refractivity contribution in [1.82, 2.24) is 15.3 Å². The van der Waals surface area contributed by atoms with E-state index >= 15 is 0 Å². The number of aromatic nitrogens is 2. The van der Waals surface area contributed by atoms with Crippen LogP contribution in [0.15, 0.2) is 12.4 Å². The van der Waals surface area contributed by atoms with Crippen LogP contribution < -0.4 is 11.2 Å². The van der Waals surface area contributed by atoms with E-state index in [4.69, 9.17) is 10.6 Å². The van der Waals surface area contributed by atoms with Crippen LogP contribution in [-0.2, 0) is 22.7 Å². The van der Waals surface area contributed by atoms with Gasteiger partial charge in [-0.3, -0.25) is 14.3 Å². The Morgan fingerprint density at radius 1 is 1.79 bits per heavy atom. The van der Waals surface area contributed by atoms with Crippen molar-refractivity contribution < 1.29 is 9.63 Å². The third kappa shape index (κ3) is 3.55. The van der Waals surface area contributed by atoms with Crippen molar-refractivity contribution in [3.8, 4) is 0 Å². The van der Waals surface area contributed by atoms with Crippen molar-refractivity contribution in [2.45, 2.75) is 20.0 Å². The van der Waals surface area contributed by atoms with E-state index < -0.39 is 5.91 Å². The number of carbonyl (C=O) groups excluding carboxylic acids is 1. The third-order valence-corrected chi connectivity index (χ3v) is 1.60. The number of hydroxylamine groups is 1. The van der Waals surface area contributed by atoms with Crippen molar-refractivity contribution in [1.29, 1.82) is 0 Å². The number of nitrogens with one attached hydrogen (secondary N) is 1. The molecule has 0 fully saturated rings. The number of primary amides is 1. The summed E-state index contributed by atoms with van der Waals surface area (Å²) < 4.78 is 1.81. The molecule has 1 aromatic rings. The van der Waals surface area contributed by atoms with Crippen LogP contribution in [0.2, 0.25) is 0 Å². The maximum absolute atomic E-state index is 10.3. The van der Waals surface area contributed by atoms with Crippen LogP contribution in [0, 0.1) is 0 Å². The Morgan fingerprint density at radius 3 is 3.14 bits per heavy atom. The number of hydrogen-bond donors (Lipinski definition) is 2. The molecule has 1 rings (SSSR count). The first kappa shape index (κ1) is 10.7. The molecule has 1 amide bonds. The minimum Gasteiger partial charge on any atom is -0.368 e. The predicted molar refractivity (Wildman–Crippen MR) is 49.9 cm³/mol. The average Bonchev–Trinajstić information content (AvgIpc) is 2.60. The lowest BCUT2D eigenvalue weighted by Gasteiger charge is -2.00. The Labute approximate surface area is 82.0 Å². The van der Waals surface area contributed by atoms with Crippen LogP contribution in [-0.4, -0.2) is 22.3 Å². The monoisotopic (exact) mass is 198 g/mol. The number of rotatable bonds is 6. The van der Waals surface area contributed by atoms with Crippen molar-refractivity contribution >= 4 is 5.91 Å². The zero-order chi connectivity index (χ0) is 10.4. The molecule has 0 bridgehead atoms. The summed E-state index contributed by atoms with van der Waals surface area (Å²) in [6.07, 6.45) is 3.64. The van der Waals surface area contributed by atoms with E-state index in [0.29, 0.717) is 6.54 Å². The topological polar surface area (TPSA) is 82.2 Å². The van der Waals surface area contributed by atoms with Crippen LogP contribution in [0.3, 0.4) is 0 Å². The van der Waals surface area contributed by atoms with Crippen LogP contribution in [0.5, 0.6) is 0 Å². The minimum atomic E-state index is -0.498. The molecule has 0 saturated carbocycles. The lowest BCUT2D eigenvalue weighted by molar-refractivity contribution is -0.125. The average molecular weight is 198 g/mol. The van der Waals surface area contributed by atoms with Gasteiger partial charge in [0.15, 0.2) is 0 Å². The molecule has 0 aliphatic heterocycles.